The van der Waals surface area contributed by atoms with E-state index in [1.54, 1.807) is 0 Å². The van der Waals surface area contributed by atoms with Crippen LogP contribution in [0.4, 0.5) is 4.79 Å². The number of piperidine rings is 2. The van der Waals surface area contributed by atoms with Crippen molar-refractivity contribution in [3.63, 3.8) is 0 Å². The molecule has 320 valence electrons. The summed E-state index contributed by atoms with van der Waals surface area (Å²) in [5, 5.41) is 0. The maximum absolute atomic E-state index is 14.3. The number of morpholine rings is 2. The number of hydrogen-bond donors (Lipinski definition) is 0. The number of likely N-dealkylation sites (N-methyl/N-ethyl adjacent to an activating group) is 2. The summed E-state index contributed by atoms with van der Waals surface area (Å²) in [5.41, 5.74) is 4.48. The Morgan fingerprint density at radius 1 is 0.633 bits per heavy atom. The van der Waals surface area contributed by atoms with Crippen LogP contribution in [0.15, 0.2) is 48.6 Å². The highest BCUT2D eigenvalue weighted by atomic mass is 16.7. The van der Waals surface area contributed by atoms with E-state index in [1.807, 2.05) is 0 Å². The van der Waals surface area contributed by atoms with E-state index >= 15 is 0 Å². The average Bonchev–Trinajstić information content (AvgIpc) is 3.81. The lowest BCUT2D eigenvalue weighted by Gasteiger charge is -2.57. The molecule has 4 bridgehead atoms. The molecule has 6 heterocycles. The van der Waals surface area contributed by atoms with Crippen molar-refractivity contribution >= 4 is 6.16 Å². The molecule has 4 aliphatic carbocycles. The monoisotopic (exact) mass is 822 g/mol. The van der Waals surface area contributed by atoms with Crippen LogP contribution in [0.3, 0.4) is 0 Å². The van der Waals surface area contributed by atoms with Gasteiger partial charge in [-0.05, 0) is 88.3 Å². The minimum atomic E-state index is -0.701. The number of ether oxygens (including phenoxy) is 8. The topological polar surface area (TPSA) is 104 Å². The van der Waals surface area contributed by atoms with Gasteiger partial charge in [0.05, 0.1) is 26.4 Å². The van der Waals surface area contributed by atoms with Gasteiger partial charge in [0.15, 0.2) is 35.2 Å². The highest BCUT2D eigenvalue weighted by Gasteiger charge is 2.67. The van der Waals surface area contributed by atoms with E-state index in [0.717, 1.165) is 127 Å². The molecule has 4 fully saturated rings. The molecular weight excluding hydrogens is 765 g/mol. The smallest absolute Gasteiger partial charge is 0.488 e. The number of hydrogen-bond acceptors (Lipinski definition) is 13. The number of carbonyl (C=O) groups excluding carboxylic acids is 1. The Bertz CT molecular complexity index is 1940. The second-order valence-electron chi connectivity index (χ2n) is 18.9. The van der Waals surface area contributed by atoms with Crippen LogP contribution in [-0.4, -0.2) is 168 Å². The van der Waals surface area contributed by atoms with Gasteiger partial charge in [0.2, 0.25) is 0 Å². The van der Waals surface area contributed by atoms with Crippen molar-refractivity contribution in [1.82, 2.24) is 19.6 Å². The first-order valence-corrected chi connectivity index (χ1v) is 22.6. The van der Waals surface area contributed by atoms with E-state index in [-0.39, 0.29) is 34.9 Å². The normalized spacial score (nSPS) is 37.1. The number of rotatable bonds is 10. The molecule has 0 amide bonds. The molecule has 0 saturated carbocycles. The summed E-state index contributed by atoms with van der Waals surface area (Å²) in [6, 6.07) is 9.34. The minimum absolute atomic E-state index is 0.236. The SMILES string of the molecule is CN1CC[C@]23c4c5ccc(OCCN6CCOCC6)c4O[C@H]2[C@@H](OC(=O)OC2C=C[C@H]4[C@H]6Cc7ccc(OCCN8CCOCC8)c8c7[C@@]4(CCN6C)[C@H]2O8)C=C[C@H]3C1C5. The van der Waals surface area contributed by atoms with E-state index < -0.39 is 18.4 Å². The van der Waals surface area contributed by atoms with Crippen molar-refractivity contribution in [2.45, 2.75) is 73.0 Å². The van der Waals surface area contributed by atoms with Gasteiger partial charge in [-0.25, -0.2) is 4.79 Å². The van der Waals surface area contributed by atoms with Crippen molar-refractivity contribution in [2.75, 3.05) is 106 Å². The lowest BCUT2D eigenvalue weighted by molar-refractivity contribution is -0.0876. The van der Waals surface area contributed by atoms with Gasteiger partial charge in [-0.2, -0.15) is 0 Å². The molecule has 0 N–H and O–H groups in total. The van der Waals surface area contributed by atoms with Crippen LogP contribution in [-0.2, 0) is 42.6 Å². The van der Waals surface area contributed by atoms with Crippen LogP contribution in [0.2, 0.25) is 0 Å². The zero-order chi connectivity index (χ0) is 40.2. The maximum atomic E-state index is 14.3. The highest BCUT2D eigenvalue weighted by Crippen LogP contribution is 2.64. The number of benzene rings is 2. The lowest BCUT2D eigenvalue weighted by atomic mass is 9.53. The predicted octanol–water partition coefficient (Wildman–Crippen LogP) is 3.59. The van der Waals surface area contributed by atoms with Gasteiger partial charge in [0.25, 0.3) is 0 Å². The third-order valence-corrected chi connectivity index (χ3v) is 16.2. The van der Waals surface area contributed by atoms with Gasteiger partial charge in [-0.1, -0.05) is 24.3 Å². The minimum Gasteiger partial charge on any atom is -0.488 e. The Morgan fingerprint density at radius 3 is 1.53 bits per heavy atom. The van der Waals surface area contributed by atoms with E-state index in [4.69, 9.17) is 37.9 Å². The number of likely N-dealkylation sites (tertiary alicyclic amines) is 2. The fourth-order valence-electron chi connectivity index (χ4n) is 13.3. The number of carbonyl (C=O) groups is 1. The van der Waals surface area contributed by atoms with E-state index in [9.17, 15) is 4.79 Å². The second kappa shape index (κ2) is 14.6. The van der Waals surface area contributed by atoms with E-state index in [0.29, 0.717) is 25.3 Å². The van der Waals surface area contributed by atoms with Crippen molar-refractivity contribution in [3.05, 3.63) is 70.8 Å². The maximum Gasteiger partial charge on any atom is 0.509 e. The molecule has 2 unspecified atom stereocenters. The van der Waals surface area contributed by atoms with Crippen molar-refractivity contribution in [1.29, 1.82) is 0 Å². The van der Waals surface area contributed by atoms with Crippen molar-refractivity contribution < 1.29 is 42.7 Å². The van der Waals surface area contributed by atoms with E-state index in [2.05, 4.69) is 82.3 Å². The molecule has 12 rings (SSSR count). The molecule has 10 atom stereocenters. The van der Waals surface area contributed by atoms with E-state index in [1.165, 1.54) is 22.3 Å². The summed E-state index contributed by atoms with van der Waals surface area (Å²) in [7, 11) is 4.47. The first-order chi connectivity index (χ1) is 29.4. The molecular formula is C47H58N4O9. The highest BCUT2D eigenvalue weighted by molar-refractivity contribution is 5.66. The molecule has 13 nitrogen and oxygen atoms in total. The molecule has 60 heavy (non-hydrogen) atoms. The summed E-state index contributed by atoms with van der Waals surface area (Å²) >= 11 is 0. The summed E-state index contributed by atoms with van der Waals surface area (Å²) < 4.78 is 51.1. The first kappa shape index (κ1) is 37.9. The van der Waals surface area contributed by atoms with Crippen LogP contribution in [0, 0.1) is 11.8 Å². The Labute approximate surface area is 352 Å². The summed E-state index contributed by atoms with van der Waals surface area (Å²) in [4.78, 5) is 24.0. The molecule has 2 spiro atoms. The van der Waals surface area contributed by atoms with Crippen LogP contribution in [0.1, 0.15) is 35.1 Å². The van der Waals surface area contributed by atoms with Gasteiger partial charge >= 0.3 is 6.16 Å². The second-order valence-corrected chi connectivity index (χ2v) is 18.9. The fraction of sp³-hybridized carbons (Fsp3) is 0.638. The third-order valence-electron chi connectivity index (χ3n) is 16.2. The van der Waals surface area contributed by atoms with Crippen LogP contribution < -0.4 is 18.9 Å². The fourth-order valence-corrected chi connectivity index (χ4v) is 13.3. The first-order valence-electron chi connectivity index (χ1n) is 22.6. The van der Waals surface area contributed by atoms with Gasteiger partial charge in [-0.15, -0.1) is 0 Å². The standard InChI is InChI=1S/C47H58N4O9/c1-48-13-11-46-31-5-9-37(43(46)59-41-35(7-3-29(39(41)46)27-33(31)48)55-25-19-50-15-21-53-22-16-50)57-45(52)58-38-10-6-32-34-28-30-4-8-36(56-26-20-51-17-23-54-24-18-51)42-40(30)47(32,44(38)60-42)12-14-49(34)2/h3-10,31-34,37-38,43-44H,11-28H2,1-2H3/t31-,32-,33+,34?,37?,38-,43-,44-,46-,47-/m0/s1. The van der Waals surface area contributed by atoms with Gasteiger partial charge in [0, 0.05) is 85.1 Å². The Kier molecular flexibility index (Phi) is 9.23. The Hall–Kier alpha value is -3.85. The van der Waals surface area contributed by atoms with Gasteiger partial charge < -0.3 is 47.7 Å². The largest absolute Gasteiger partial charge is 0.509 e. The van der Waals surface area contributed by atoms with Crippen LogP contribution in [0.25, 0.3) is 0 Å². The molecule has 13 heteroatoms. The molecule has 0 radical (unpaired) electrons. The quantitative estimate of drug-likeness (QED) is 0.258. The molecule has 2 aromatic rings. The Morgan fingerprint density at radius 2 is 1.08 bits per heavy atom. The zero-order valence-electron chi connectivity index (χ0n) is 34.9. The average molecular weight is 823 g/mol. The molecule has 10 aliphatic rings. The molecule has 2 aromatic carbocycles. The van der Waals surface area contributed by atoms with Gasteiger partial charge in [0.1, 0.15) is 25.4 Å². The summed E-state index contributed by atoms with van der Waals surface area (Å²) in [6.07, 6.45) is 9.69. The summed E-state index contributed by atoms with van der Waals surface area (Å²) in [6.45, 7) is 11.4. The zero-order valence-corrected chi connectivity index (χ0v) is 34.9. The van der Waals surface area contributed by atoms with Crippen LogP contribution >= 0.6 is 0 Å². The Balaban J connectivity index is 0.801. The third kappa shape index (κ3) is 5.68. The lowest BCUT2D eigenvalue weighted by Crippen LogP contribution is -2.65. The number of nitrogens with zero attached hydrogens (tertiary/aromatic N) is 4. The molecule has 4 saturated heterocycles. The molecule has 6 aliphatic heterocycles. The summed E-state index contributed by atoms with van der Waals surface area (Å²) in [5.74, 6) is 3.66. The van der Waals surface area contributed by atoms with Crippen LogP contribution in [0.5, 0.6) is 23.0 Å². The van der Waals surface area contributed by atoms with Crippen molar-refractivity contribution in [3.8, 4) is 23.0 Å². The van der Waals surface area contributed by atoms with Crippen molar-refractivity contribution in [2.24, 2.45) is 11.8 Å². The molecule has 0 aromatic heterocycles. The predicted molar refractivity (Wildman–Crippen MR) is 220 cm³/mol. The van der Waals surface area contributed by atoms with Gasteiger partial charge in [-0.3, -0.25) is 9.80 Å².